The van der Waals surface area contributed by atoms with Gasteiger partial charge in [-0.15, -0.1) is 0 Å². The molecule has 1 saturated carbocycles. The van der Waals surface area contributed by atoms with Crippen LogP contribution in [0.5, 0.6) is 0 Å². The Labute approximate surface area is 166 Å². The quantitative estimate of drug-likeness (QED) is 0.664. The third-order valence-electron chi connectivity index (χ3n) is 4.60. The molecule has 0 aliphatic heterocycles. The van der Waals surface area contributed by atoms with Crippen molar-refractivity contribution in [1.29, 1.82) is 0 Å². The summed E-state index contributed by atoms with van der Waals surface area (Å²) in [6, 6.07) is 11.9. The van der Waals surface area contributed by atoms with Gasteiger partial charge in [0.15, 0.2) is 0 Å². The third-order valence-corrected chi connectivity index (χ3v) is 4.60. The van der Waals surface area contributed by atoms with Crippen LogP contribution in [0.25, 0.3) is 11.4 Å². The fourth-order valence-electron chi connectivity index (χ4n) is 2.80. The highest BCUT2D eigenvalue weighted by Crippen LogP contribution is 2.30. The molecule has 2 amide bonds. The topological polar surface area (TPSA) is 97.1 Å². The minimum absolute atomic E-state index is 0.0184. The molecule has 2 N–H and O–H groups in total. The second-order valence-corrected chi connectivity index (χ2v) is 7.00. The summed E-state index contributed by atoms with van der Waals surface area (Å²) in [6.07, 6.45) is 1.82. The van der Waals surface area contributed by atoms with E-state index in [1.165, 1.54) is 12.1 Å². The van der Waals surface area contributed by atoms with E-state index < -0.39 is 6.04 Å². The number of hydrogen-bond donors (Lipinski definition) is 2. The van der Waals surface area contributed by atoms with E-state index >= 15 is 0 Å². The largest absolute Gasteiger partial charge is 0.341 e. The molecule has 1 aliphatic rings. The Hall–Kier alpha value is -3.55. The molecule has 2 aromatic carbocycles. The van der Waals surface area contributed by atoms with Crippen LogP contribution in [0.2, 0.25) is 0 Å². The van der Waals surface area contributed by atoms with E-state index in [2.05, 4.69) is 20.8 Å². The molecule has 148 valence electrons. The van der Waals surface area contributed by atoms with Gasteiger partial charge in [0, 0.05) is 22.7 Å². The lowest BCUT2D eigenvalue weighted by Gasteiger charge is -2.11. The van der Waals surface area contributed by atoms with E-state index in [0.717, 1.165) is 12.8 Å². The Bertz CT molecular complexity index is 1040. The van der Waals surface area contributed by atoms with Crippen molar-refractivity contribution in [1.82, 2.24) is 15.5 Å². The number of benzene rings is 2. The molecule has 1 fully saturated rings. The van der Waals surface area contributed by atoms with Gasteiger partial charge in [0.05, 0.1) is 0 Å². The fraction of sp³-hybridized carbons (Fsp3) is 0.238. The molecule has 4 rings (SSSR count). The summed E-state index contributed by atoms with van der Waals surface area (Å²) in [4.78, 5) is 28.7. The number of rotatable bonds is 6. The SMILES string of the molecule is CC(NC(=O)c1cccc(NC(=O)C2CC2)c1)c1nc(-c2ccc(F)cc2)no1. The predicted molar refractivity (Wildman–Crippen MR) is 103 cm³/mol. The van der Waals surface area contributed by atoms with Gasteiger partial charge >= 0.3 is 0 Å². The fourth-order valence-corrected chi connectivity index (χ4v) is 2.80. The van der Waals surface area contributed by atoms with Crippen molar-refractivity contribution >= 4 is 17.5 Å². The van der Waals surface area contributed by atoms with Crippen molar-refractivity contribution in [3.63, 3.8) is 0 Å². The summed E-state index contributed by atoms with van der Waals surface area (Å²) in [5.41, 5.74) is 1.60. The van der Waals surface area contributed by atoms with E-state index in [9.17, 15) is 14.0 Å². The van der Waals surface area contributed by atoms with Crippen LogP contribution in [0.3, 0.4) is 0 Å². The highest BCUT2D eigenvalue weighted by atomic mass is 19.1. The van der Waals surface area contributed by atoms with Crippen LogP contribution in [0.15, 0.2) is 53.1 Å². The summed E-state index contributed by atoms with van der Waals surface area (Å²) in [6.45, 7) is 1.72. The number of halogens is 1. The maximum Gasteiger partial charge on any atom is 0.251 e. The van der Waals surface area contributed by atoms with Gasteiger partial charge in [0.25, 0.3) is 5.91 Å². The highest BCUT2D eigenvalue weighted by molar-refractivity contribution is 5.98. The van der Waals surface area contributed by atoms with Crippen molar-refractivity contribution < 1.29 is 18.5 Å². The number of anilines is 1. The van der Waals surface area contributed by atoms with Crippen molar-refractivity contribution in [3.8, 4) is 11.4 Å². The van der Waals surface area contributed by atoms with Gasteiger partial charge in [0.2, 0.25) is 17.6 Å². The minimum Gasteiger partial charge on any atom is -0.341 e. The first-order valence-corrected chi connectivity index (χ1v) is 9.31. The normalized spacial score (nSPS) is 14.3. The summed E-state index contributed by atoms with van der Waals surface area (Å²) in [5, 5.41) is 9.50. The molecule has 7 nitrogen and oxygen atoms in total. The number of aromatic nitrogens is 2. The summed E-state index contributed by atoms with van der Waals surface area (Å²) in [5.74, 6) is -0.0765. The average molecular weight is 394 g/mol. The number of carbonyl (C=O) groups excluding carboxylic acids is 2. The zero-order valence-electron chi connectivity index (χ0n) is 15.7. The first-order valence-electron chi connectivity index (χ1n) is 9.31. The van der Waals surface area contributed by atoms with E-state index in [1.807, 2.05) is 0 Å². The van der Waals surface area contributed by atoms with Gasteiger partial charge in [-0.05, 0) is 62.2 Å². The molecular weight excluding hydrogens is 375 g/mol. The van der Waals surface area contributed by atoms with E-state index in [0.29, 0.717) is 22.6 Å². The maximum atomic E-state index is 13.0. The third kappa shape index (κ3) is 4.48. The minimum atomic E-state index is -0.533. The van der Waals surface area contributed by atoms with Crippen molar-refractivity contribution in [3.05, 3.63) is 65.8 Å². The lowest BCUT2D eigenvalue weighted by atomic mass is 10.1. The molecule has 8 heteroatoms. The van der Waals surface area contributed by atoms with Crippen LogP contribution in [-0.4, -0.2) is 22.0 Å². The van der Waals surface area contributed by atoms with E-state index in [4.69, 9.17) is 4.52 Å². The summed E-state index contributed by atoms with van der Waals surface area (Å²) < 4.78 is 18.3. The summed E-state index contributed by atoms with van der Waals surface area (Å²) in [7, 11) is 0. The molecule has 1 atom stereocenters. The Morgan fingerprint density at radius 1 is 1.17 bits per heavy atom. The first kappa shape index (κ1) is 18.8. The Morgan fingerprint density at radius 2 is 1.93 bits per heavy atom. The first-order chi connectivity index (χ1) is 14.0. The monoisotopic (exact) mass is 394 g/mol. The van der Waals surface area contributed by atoms with Crippen LogP contribution in [0.4, 0.5) is 10.1 Å². The second-order valence-electron chi connectivity index (χ2n) is 7.00. The van der Waals surface area contributed by atoms with Crippen LogP contribution in [-0.2, 0) is 4.79 Å². The Balaban J connectivity index is 1.41. The molecule has 1 heterocycles. The zero-order valence-corrected chi connectivity index (χ0v) is 15.7. The smallest absolute Gasteiger partial charge is 0.251 e. The summed E-state index contributed by atoms with van der Waals surface area (Å²) >= 11 is 0. The lowest BCUT2D eigenvalue weighted by molar-refractivity contribution is -0.117. The van der Waals surface area contributed by atoms with Crippen molar-refractivity contribution in [2.75, 3.05) is 5.32 Å². The van der Waals surface area contributed by atoms with Crippen LogP contribution >= 0.6 is 0 Å². The highest BCUT2D eigenvalue weighted by Gasteiger charge is 2.29. The van der Waals surface area contributed by atoms with Crippen molar-refractivity contribution in [2.24, 2.45) is 5.92 Å². The maximum absolute atomic E-state index is 13.0. The van der Waals surface area contributed by atoms with Gasteiger partial charge in [-0.3, -0.25) is 9.59 Å². The lowest BCUT2D eigenvalue weighted by Crippen LogP contribution is -2.27. The predicted octanol–water partition coefficient (Wildman–Crippen LogP) is 3.72. The number of amides is 2. The molecule has 1 aliphatic carbocycles. The Kier molecular flexibility index (Phi) is 5.07. The zero-order chi connectivity index (χ0) is 20.4. The molecule has 1 aromatic heterocycles. The van der Waals surface area contributed by atoms with Crippen LogP contribution in [0, 0.1) is 11.7 Å². The molecule has 0 saturated heterocycles. The van der Waals surface area contributed by atoms with Gasteiger partial charge in [0.1, 0.15) is 11.9 Å². The molecule has 0 bridgehead atoms. The number of nitrogens with one attached hydrogen (secondary N) is 2. The number of hydrogen-bond acceptors (Lipinski definition) is 5. The molecule has 3 aromatic rings. The van der Waals surface area contributed by atoms with Crippen LogP contribution in [0.1, 0.15) is 42.1 Å². The molecule has 29 heavy (non-hydrogen) atoms. The van der Waals surface area contributed by atoms with E-state index in [1.54, 1.807) is 43.3 Å². The standard InChI is InChI=1S/C21H19FN4O3/c1-12(21-25-18(26-29-21)13-7-9-16(22)10-8-13)23-20(28)15-3-2-4-17(11-15)24-19(27)14-5-6-14/h2-4,7-12,14H,5-6H2,1H3,(H,23,28)(H,24,27). The van der Waals surface area contributed by atoms with Crippen molar-refractivity contribution in [2.45, 2.75) is 25.8 Å². The molecule has 0 radical (unpaired) electrons. The molecule has 0 spiro atoms. The van der Waals surface area contributed by atoms with Gasteiger partial charge in [-0.2, -0.15) is 4.98 Å². The molecule has 1 unspecified atom stereocenters. The van der Waals surface area contributed by atoms with Gasteiger partial charge in [-0.25, -0.2) is 4.39 Å². The van der Waals surface area contributed by atoms with E-state index in [-0.39, 0.29) is 29.4 Å². The second kappa shape index (κ2) is 7.83. The number of nitrogens with zero attached hydrogens (tertiary/aromatic N) is 2. The van der Waals surface area contributed by atoms with Gasteiger partial charge in [-0.1, -0.05) is 11.2 Å². The molecular formula is C21H19FN4O3. The van der Waals surface area contributed by atoms with Gasteiger partial charge < -0.3 is 15.2 Å². The van der Waals surface area contributed by atoms with Crippen LogP contribution < -0.4 is 10.6 Å². The number of carbonyl (C=O) groups is 2. The Morgan fingerprint density at radius 3 is 2.66 bits per heavy atom. The average Bonchev–Trinajstić information content (AvgIpc) is 3.46.